The van der Waals surface area contributed by atoms with Gasteiger partial charge >= 0.3 is 5.97 Å². The van der Waals surface area contributed by atoms with E-state index in [1.54, 1.807) is 6.07 Å². The summed E-state index contributed by atoms with van der Waals surface area (Å²) in [6, 6.07) is 4.19. The fourth-order valence-corrected chi connectivity index (χ4v) is 4.23. The second-order valence-corrected chi connectivity index (χ2v) is 8.16. The summed E-state index contributed by atoms with van der Waals surface area (Å²) in [5.41, 5.74) is 8.49. The highest BCUT2D eigenvalue weighted by Crippen LogP contribution is 2.29. The van der Waals surface area contributed by atoms with E-state index in [2.05, 4.69) is 27.8 Å². The maximum atomic E-state index is 12.4. The van der Waals surface area contributed by atoms with Crippen molar-refractivity contribution in [2.24, 2.45) is 0 Å². The zero-order chi connectivity index (χ0) is 19.6. The molecule has 27 heavy (non-hydrogen) atoms. The molecule has 6 heteroatoms. The molecule has 0 spiro atoms. The van der Waals surface area contributed by atoms with Gasteiger partial charge in [0.1, 0.15) is 0 Å². The van der Waals surface area contributed by atoms with Crippen molar-refractivity contribution in [3.8, 4) is 0 Å². The van der Waals surface area contributed by atoms with Crippen LogP contribution in [0, 0.1) is 0 Å². The molecule has 2 rings (SSSR count). The van der Waals surface area contributed by atoms with Crippen LogP contribution in [-0.4, -0.2) is 41.8 Å². The van der Waals surface area contributed by atoms with Crippen molar-refractivity contribution in [2.75, 3.05) is 25.5 Å². The van der Waals surface area contributed by atoms with Gasteiger partial charge in [0, 0.05) is 23.7 Å². The van der Waals surface area contributed by atoms with Crippen molar-refractivity contribution in [2.45, 2.75) is 70.9 Å². The van der Waals surface area contributed by atoms with Gasteiger partial charge in [-0.3, -0.25) is 4.90 Å². The van der Waals surface area contributed by atoms with Crippen LogP contribution in [0.4, 0.5) is 5.69 Å². The van der Waals surface area contributed by atoms with Crippen LogP contribution >= 0.6 is 15.9 Å². The highest BCUT2D eigenvalue weighted by atomic mass is 79.9. The van der Waals surface area contributed by atoms with Gasteiger partial charge in [-0.25, -0.2) is 4.79 Å². The number of nitrogen functional groups attached to an aromatic ring is 1. The summed E-state index contributed by atoms with van der Waals surface area (Å²) in [5.74, 6) is -0.340. The van der Waals surface area contributed by atoms with Gasteiger partial charge < -0.3 is 15.6 Å². The van der Waals surface area contributed by atoms with Crippen molar-refractivity contribution < 1.29 is 14.6 Å². The maximum Gasteiger partial charge on any atom is 0.338 e. The second kappa shape index (κ2) is 11.7. The van der Waals surface area contributed by atoms with Gasteiger partial charge in [-0.05, 0) is 65.9 Å². The van der Waals surface area contributed by atoms with Gasteiger partial charge in [0.05, 0.1) is 17.9 Å². The third kappa shape index (κ3) is 6.77. The Bertz CT molecular complexity index is 601. The van der Waals surface area contributed by atoms with Crippen LogP contribution in [0.1, 0.15) is 74.2 Å². The summed E-state index contributed by atoms with van der Waals surface area (Å²) in [6.07, 6.45) is 9.02. The van der Waals surface area contributed by atoms with E-state index < -0.39 is 0 Å². The Morgan fingerprint density at radius 1 is 1.26 bits per heavy atom. The van der Waals surface area contributed by atoms with Crippen LogP contribution in [-0.2, 0) is 11.3 Å². The minimum Gasteiger partial charge on any atom is -0.462 e. The molecule has 1 aliphatic carbocycles. The zero-order valence-corrected chi connectivity index (χ0v) is 18.0. The molecule has 0 atom stereocenters. The lowest BCUT2D eigenvalue weighted by Crippen LogP contribution is -2.34. The van der Waals surface area contributed by atoms with Crippen molar-refractivity contribution >= 4 is 27.6 Å². The van der Waals surface area contributed by atoms with E-state index in [1.807, 2.05) is 6.07 Å². The molecule has 1 aliphatic rings. The highest BCUT2D eigenvalue weighted by Gasteiger charge is 2.21. The smallest absolute Gasteiger partial charge is 0.338 e. The summed E-state index contributed by atoms with van der Waals surface area (Å²) in [7, 11) is 0. The topological polar surface area (TPSA) is 75.8 Å². The number of rotatable bonds is 9. The van der Waals surface area contributed by atoms with Crippen molar-refractivity contribution in [1.29, 1.82) is 0 Å². The molecule has 3 N–H and O–H groups in total. The molecular weight excluding hydrogens is 408 g/mol. The fourth-order valence-electron chi connectivity index (χ4n) is 3.73. The quantitative estimate of drug-likeness (QED) is 0.255. The van der Waals surface area contributed by atoms with Crippen molar-refractivity contribution in [3.05, 3.63) is 27.7 Å². The molecule has 152 valence electrons. The number of halogens is 1. The Balaban J connectivity index is 2.10. The average molecular weight is 441 g/mol. The van der Waals surface area contributed by atoms with Crippen LogP contribution < -0.4 is 5.73 Å². The number of anilines is 1. The first-order chi connectivity index (χ1) is 13.1. The summed E-state index contributed by atoms with van der Waals surface area (Å²) in [5, 5.41) is 8.82. The van der Waals surface area contributed by atoms with Gasteiger partial charge in [0.25, 0.3) is 0 Å². The fraction of sp³-hybridized carbons (Fsp3) is 0.667. The number of nitrogens with two attached hydrogens (primary N) is 1. The van der Waals surface area contributed by atoms with E-state index in [0.29, 0.717) is 36.7 Å². The molecule has 0 aliphatic heterocycles. The zero-order valence-electron chi connectivity index (χ0n) is 16.4. The lowest BCUT2D eigenvalue weighted by atomic mass is 10.0. The van der Waals surface area contributed by atoms with Gasteiger partial charge in [-0.2, -0.15) is 0 Å². The summed E-state index contributed by atoms with van der Waals surface area (Å²) < 4.78 is 6.05. The number of carbonyl (C=O) groups is 1. The molecule has 0 bridgehead atoms. The molecule has 0 aromatic heterocycles. The predicted octanol–water partition coefficient (Wildman–Crippen LogP) is 4.51. The van der Waals surface area contributed by atoms with Gasteiger partial charge in [0.2, 0.25) is 0 Å². The summed E-state index contributed by atoms with van der Waals surface area (Å²) in [4.78, 5) is 14.9. The second-order valence-electron chi connectivity index (χ2n) is 7.31. The molecule has 1 aromatic carbocycles. The third-order valence-electron chi connectivity index (χ3n) is 5.36. The Hall–Kier alpha value is -1.11. The lowest BCUT2D eigenvalue weighted by Gasteiger charge is -2.30. The van der Waals surface area contributed by atoms with Gasteiger partial charge in [-0.1, -0.05) is 32.6 Å². The number of aliphatic hydroxyl groups excluding tert-OH is 1. The molecule has 0 heterocycles. The molecule has 1 fully saturated rings. The first-order valence-electron chi connectivity index (χ1n) is 10.2. The van der Waals surface area contributed by atoms with E-state index in [9.17, 15) is 4.79 Å². The predicted molar refractivity (Wildman–Crippen MR) is 113 cm³/mol. The Morgan fingerprint density at radius 2 is 1.96 bits per heavy atom. The number of aliphatic hydroxyl groups is 1. The van der Waals surface area contributed by atoms with E-state index in [4.69, 9.17) is 15.6 Å². The SMILES string of the molecule is CCN(Cc1cc(C(=O)OCCCCO)cc(Br)c1N)C1CCCCCC1. The number of ether oxygens (including phenoxy) is 1. The molecule has 0 saturated heterocycles. The van der Waals surface area contributed by atoms with Crippen LogP contribution in [0.15, 0.2) is 16.6 Å². The lowest BCUT2D eigenvalue weighted by molar-refractivity contribution is 0.0492. The van der Waals surface area contributed by atoms with E-state index >= 15 is 0 Å². The normalized spacial score (nSPS) is 15.7. The Kier molecular flexibility index (Phi) is 9.59. The van der Waals surface area contributed by atoms with E-state index in [-0.39, 0.29) is 12.6 Å². The number of hydrogen-bond acceptors (Lipinski definition) is 5. The monoisotopic (exact) mass is 440 g/mol. The number of esters is 1. The van der Waals surface area contributed by atoms with Crippen LogP contribution in [0.2, 0.25) is 0 Å². The van der Waals surface area contributed by atoms with E-state index in [0.717, 1.165) is 23.1 Å². The molecule has 0 radical (unpaired) electrons. The van der Waals surface area contributed by atoms with Crippen LogP contribution in [0.3, 0.4) is 0 Å². The largest absolute Gasteiger partial charge is 0.462 e. The van der Waals surface area contributed by atoms with Crippen molar-refractivity contribution in [1.82, 2.24) is 4.90 Å². The Labute approximate surface area is 171 Å². The third-order valence-corrected chi connectivity index (χ3v) is 6.01. The van der Waals surface area contributed by atoms with E-state index in [1.165, 1.54) is 38.5 Å². The van der Waals surface area contributed by atoms with Gasteiger partial charge in [0.15, 0.2) is 0 Å². The molecule has 0 amide bonds. The number of unbranched alkanes of at least 4 members (excludes halogenated alkanes) is 1. The number of benzene rings is 1. The van der Waals surface area contributed by atoms with Gasteiger partial charge in [-0.15, -0.1) is 0 Å². The standard InChI is InChI=1S/C21H33BrN2O3/c1-2-24(18-9-5-3-4-6-10-18)15-17-13-16(14-19(22)20(17)23)21(26)27-12-8-7-11-25/h13-14,18,25H,2-12,15,23H2,1H3. The molecule has 1 saturated carbocycles. The highest BCUT2D eigenvalue weighted by molar-refractivity contribution is 9.10. The minimum atomic E-state index is -0.340. The molecule has 1 aromatic rings. The number of carbonyl (C=O) groups excluding carboxylic acids is 1. The number of hydrogen-bond donors (Lipinski definition) is 2. The number of nitrogens with zero attached hydrogens (tertiary/aromatic N) is 1. The first kappa shape index (κ1) is 22.2. The Morgan fingerprint density at radius 3 is 2.59 bits per heavy atom. The summed E-state index contributed by atoms with van der Waals surface area (Å²) >= 11 is 3.49. The molecule has 5 nitrogen and oxygen atoms in total. The minimum absolute atomic E-state index is 0.114. The van der Waals surface area contributed by atoms with Crippen LogP contribution in [0.25, 0.3) is 0 Å². The van der Waals surface area contributed by atoms with Crippen molar-refractivity contribution in [3.63, 3.8) is 0 Å². The molecule has 0 unspecified atom stereocenters. The molecular formula is C21H33BrN2O3. The maximum absolute atomic E-state index is 12.4. The van der Waals surface area contributed by atoms with Crippen LogP contribution in [0.5, 0.6) is 0 Å². The summed E-state index contributed by atoms with van der Waals surface area (Å²) in [6.45, 7) is 4.34. The first-order valence-corrected chi connectivity index (χ1v) is 11.0. The average Bonchev–Trinajstić information content (AvgIpc) is 2.95.